The van der Waals surface area contributed by atoms with Crippen LogP contribution in [-0.2, 0) is 0 Å². The summed E-state index contributed by atoms with van der Waals surface area (Å²) < 4.78 is 0. The van der Waals surface area contributed by atoms with Crippen molar-refractivity contribution in [3.63, 3.8) is 0 Å². The Morgan fingerprint density at radius 3 is 1.67 bits per heavy atom. The number of hydrogen-bond acceptors (Lipinski definition) is 0. The summed E-state index contributed by atoms with van der Waals surface area (Å²) in [6, 6.07) is 0. The third kappa shape index (κ3) is 51.3. The Morgan fingerprint density at radius 2 is 1.67 bits per heavy atom. The third-order valence-corrected chi connectivity index (χ3v) is 0. The first kappa shape index (κ1) is 10.4. The molecule has 0 fully saturated rings. The van der Waals surface area contributed by atoms with Crippen LogP contribution < -0.4 is 0 Å². The fourth-order valence-corrected chi connectivity index (χ4v) is 0. The van der Waals surface area contributed by atoms with E-state index in [-0.39, 0.29) is 0 Å². The van der Waals surface area contributed by atoms with Gasteiger partial charge < -0.3 is 0 Å². The molecule has 0 amide bonds. The summed E-state index contributed by atoms with van der Waals surface area (Å²) in [4.78, 5) is 0. The summed E-state index contributed by atoms with van der Waals surface area (Å²) >= 11 is -1.07. The van der Waals surface area contributed by atoms with Crippen molar-refractivity contribution in [1.82, 2.24) is 0 Å². The normalized spacial score (nSPS) is 5.33. The van der Waals surface area contributed by atoms with Crippen molar-refractivity contribution >= 4 is 37.7 Å². The Hall–Kier alpha value is 1.45. The van der Waals surface area contributed by atoms with Crippen molar-refractivity contribution in [2.45, 2.75) is 13.3 Å². The second-order valence-electron chi connectivity index (χ2n) is 0.601. The summed E-state index contributed by atoms with van der Waals surface area (Å²) in [6.07, 6.45) is 1.00. The van der Waals surface area contributed by atoms with E-state index in [9.17, 15) is 0 Å². The van der Waals surface area contributed by atoms with Gasteiger partial charge in [-0.15, -0.1) is 0 Å². The van der Waals surface area contributed by atoms with E-state index in [4.69, 9.17) is 17.2 Å². The van der Waals surface area contributed by atoms with E-state index in [2.05, 4.69) is 6.92 Å². The average molecular weight is 230 g/mol. The molecule has 0 saturated heterocycles. The molecule has 3 heteroatoms. The molecular weight excluding hydrogens is 222 g/mol. The zero-order chi connectivity index (χ0) is 5.41. The Morgan fingerprint density at radius 1 is 1.67 bits per heavy atom. The molecule has 0 aliphatic heterocycles. The van der Waals surface area contributed by atoms with Gasteiger partial charge in [-0.2, -0.15) is 0 Å². The molecule has 0 bridgehead atoms. The average Bonchev–Trinajstić information content (AvgIpc) is 1.39. The SMILES string of the molecule is [CH2]CC.[Cl][InH][Cl]. The molecule has 0 aliphatic rings. The Balaban J connectivity index is 0. The van der Waals surface area contributed by atoms with Crippen LogP contribution in [0.4, 0.5) is 0 Å². The summed E-state index contributed by atoms with van der Waals surface area (Å²) in [7, 11) is 9.95. The van der Waals surface area contributed by atoms with Crippen molar-refractivity contribution in [3.8, 4) is 0 Å². The molecule has 0 unspecified atom stereocenters. The maximum absolute atomic E-state index is 4.97. The third-order valence-electron chi connectivity index (χ3n) is 0. The van der Waals surface area contributed by atoms with Gasteiger partial charge in [0.15, 0.2) is 0 Å². The van der Waals surface area contributed by atoms with Crippen LogP contribution in [0.2, 0.25) is 0 Å². The van der Waals surface area contributed by atoms with Gasteiger partial charge in [0.1, 0.15) is 0 Å². The van der Waals surface area contributed by atoms with Gasteiger partial charge in [0, 0.05) is 0 Å². The molecule has 0 aromatic rings. The van der Waals surface area contributed by atoms with E-state index in [1.165, 1.54) is 0 Å². The van der Waals surface area contributed by atoms with E-state index in [0.717, 1.165) is 6.42 Å². The van der Waals surface area contributed by atoms with Gasteiger partial charge in [-0.3, -0.25) is 0 Å². The number of halogens is 2. The Labute approximate surface area is 57.7 Å². The quantitative estimate of drug-likeness (QED) is 0.596. The fraction of sp³-hybridized carbons (Fsp3) is 0.667. The number of hydrogen-bond donors (Lipinski definition) is 0. The minimum atomic E-state index is -1.07. The first-order valence-electron chi connectivity index (χ1n) is 1.74. The molecule has 0 N–H and O–H groups in total. The van der Waals surface area contributed by atoms with Crippen molar-refractivity contribution in [1.29, 1.82) is 0 Å². The van der Waals surface area contributed by atoms with Crippen LogP contribution in [0.15, 0.2) is 0 Å². The van der Waals surface area contributed by atoms with Crippen LogP contribution in [0, 0.1) is 6.92 Å². The van der Waals surface area contributed by atoms with Gasteiger partial charge in [0.05, 0.1) is 0 Å². The molecule has 6 heavy (non-hydrogen) atoms. The van der Waals surface area contributed by atoms with Crippen LogP contribution in [0.25, 0.3) is 0 Å². The van der Waals surface area contributed by atoms with Crippen molar-refractivity contribution in [2.75, 3.05) is 0 Å². The van der Waals surface area contributed by atoms with Crippen LogP contribution in [0.3, 0.4) is 0 Å². The molecule has 0 atom stereocenters. The number of rotatable bonds is 0. The first-order chi connectivity index (χ1) is 2.83. The molecule has 1 radical (unpaired) electrons. The van der Waals surface area contributed by atoms with Gasteiger partial charge >= 0.3 is 37.7 Å². The Bertz CT molecular complexity index is 10.8. The van der Waals surface area contributed by atoms with E-state index < -0.39 is 20.5 Å². The summed E-state index contributed by atoms with van der Waals surface area (Å²) in [6.45, 7) is 5.50. The van der Waals surface area contributed by atoms with Crippen LogP contribution in [-0.4, -0.2) is 20.5 Å². The second-order valence-corrected chi connectivity index (χ2v) is 6.60. The first-order valence-corrected chi connectivity index (χ1v) is 12.0. The van der Waals surface area contributed by atoms with E-state index >= 15 is 0 Å². The molecule has 0 rings (SSSR count). The molecule has 0 heterocycles. The molecule has 0 spiro atoms. The zero-order valence-electron chi connectivity index (χ0n) is 3.88. The predicted molar refractivity (Wildman–Crippen MR) is 34.5 cm³/mol. The van der Waals surface area contributed by atoms with E-state index in [0.29, 0.717) is 0 Å². The van der Waals surface area contributed by atoms with Crippen molar-refractivity contribution in [3.05, 3.63) is 6.92 Å². The minimum absolute atomic E-state index is 1.00. The molecule has 0 aliphatic carbocycles. The second kappa shape index (κ2) is 16.1. The molecule has 0 nitrogen and oxygen atoms in total. The van der Waals surface area contributed by atoms with Crippen LogP contribution in [0.1, 0.15) is 13.3 Å². The summed E-state index contributed by atoms with van der Waals surface area (Å²) in [5.41, 5.74) is 0. The molecular formula is C3H8Cl2In. The molecule has 0 aromatic heterocycles. The van der Waals surface area contributed by atoms with Crippen molar-refractivity contribution < 1.29 is 0 Å². The van der Waals surface area contributed by atoms with Crippen LogP contribution in [0.5, 0.6) is 0 Å². The molecule has 0 saturated carbocycles. The predicted octanol–water partition coefficient (Wildman–Crippen LogP) is 1.96. The molecule has 0 aromatic carbocycles. The van der Waals surface area contributed by atoms with Gasteiger partial charge in [0.25, 0.3) is 0 Å². The van der Waals surface area contributed by atoms with Crippen LogP contribution >= 0.6 is 17.2 Å². The van der Waals surface area contributed by atoms with Gasteiger partial charge in [-0.1, -0.05) is 20.3 Å². The summed E-state index contributed by atoms with van der Waals surface area (Å²) in [5.74, 6) is 0. The Kier molecular flexibility index (Phi) is 28.0. The maximum atomic E-state index is 4.97. The van der Waals surface area contributed by atoms with E-state index in [1.54, 1.807) is 0 Å². The molecule has 37 valence electrons. The van der Waals surface area contributed by atoms with Crippen molar-refractivity contribution in [2.24, 2.45) is 0 Å². The standard InChI is InChI=1S/C3H7.2ClH.In.H/c1-3-2;;;;/h1,3H2,2H3;2*1H;;/q;;;+2;/p-2. The van der Waals surface area contributed by atoms with E-state index in [1.807, 2.05) is 6.92 Å². The monoisotopic (exact) mass is 229 g/mol. The fourth-order valence-electron chi connectivity index (χ4n) is 0. The topological polar surface area (TPSA) is 0 Å². The van der Waals surface area contributed by atoms with Gasteiger partial charge in [0.2, 0.25) is 0 Å². The van der Waals surface area contributed by atoms with Gasteiger partial charge in [-0.05, 0) is 0 Å². The van der Waals surface area contributed by atoms with Gasteiger partial charge in [-0.25, -0.2) is 0 Å². The zero-order valence-corrected chi connectivity index (χ0v) is 9.43. The summed E-state index contributed by atoms with van der Waals surface area (Å²) in [5, 5.41) is 0.